The molecule has 9 heavy (non-hydrogen) atoms. The molecule has 54 valence electrons. The molecule has 0 heterocycles. The molecule has 0 N–H and O–H groups in total. The number of rotatable bonds is 0. The maximum absolute atomic E-state index is 12.7. The Kier molecular flexibility index (Phi) is 2.34. The van der Waals surface area contributed by atoms with Gasteiger partial charge in [0, 0.05) is 0 Å². The molecule has 0 amide bonds. The predicted octanol–water partition coefficient (Wildman–Crippen LogP) is 2.75. The van der Waals surface area contributed by atoms with E-state index in [0.29, 0.717) is 12.3 Å². The Morgan fingerprint density at radius 1 is 1.44 bits per heavy atom. The lowest BCUT2D eigenvalue weighted by Crippen LogP contribution is -2.25. The SMILES string of the molecule is C[C@@H]1CCC(Cl)[C@H](F)C1. The van der Waals surface area contributed by atoms with E-state index in [1.807, 2.05) is 0 Å². The van der Waals surface area contributed by atoms with Gasteiger partial charge in [-0.05, 0) is 25.2 Å². The van der Waals surface area contributed by atoms with Crippen molar-refractivity contribution in [1.82, 2.24) is 0 Å². The fourth-order valence-electron chi connectivity index (χ4n) is 1.27. The molecule has 0 saturated heterocycles. The summed E-state index contributed by atoms with van der Waals surface area (Å²) in [6.45, 7) is 2.08. The minimum absolute atomic E-state index is 0.207. The average molecular weight is 151 g/mol. The zero-order chi connectivity index (χ0) is 6.85. The molecule has 1 aliphatic carbocycles. The molecule has 1 aliphatic rings. The van der Waals surface area contributed by atoms with Crippen LogP contribution in [0.3, 0.4) is 0 Å². The summed E-state index contributed by atoms with van der Waals surface area (Å²) >= 11 is 5.66. The molecule has 1 fully saturated rings. The van der Waals surface area contributed by atoms with Crippen molar-refractivity contribution >= 4 is 11.6 Å². The van der Waals surface area contributed by atoms with Gasteiger partial charge < -0.3 is 0 Å². The molecule has 1 rings (SSSR count). The molecule has 0 aromatic heterocycles. The Balaban J connectivity index is 2.35. The van der Waals surface area contributed by atoms with Crippen LogP contribution in [0.25, 0.3) is 0 Å². The third kappa shape index (κ3) is 1.82. The smallest absolute Gasteiger partial charge is 0.117 e. The summed E-state index contributed by atoms with van der Waals surface area (Å²) in [5, 5.41) is -0.207. The Labute approximate surface area is 60.4 Å². The highest BCUT2D eigenvalue weighted by atomic mass is 35.5. The second kappa shape index (κ2) is 2.87. The van der Waals surface area contributed by atoms with Crippen molar-refractivity contribution in [1.29, 1.82) is 0 Å². The van der Waals surface area contributed by atoms with E-state index in [9.17, 15) is 4.39 Å². The van der Waals surface area contributed by atoms with E-state index in [1.165, 1.54) is 0 Å². The van der Waals surface area contributed by atoms with E-state index in [0.717, 1.165) is 12.8 Å². The Hall–Kier alpha value is 0.220. The second-order valence-corrected chi connectivity index (χ2v) is 3.51. The largest absolute Gasteiger partial charge is 0.246 e. The van der Waals surface area contributed by atoms with Gasteiger partial charge in [-0.2, -0.15) is 0 Å². The molecule has 3 atom stereocenters. The number of halogens is 2. The van der Waals surface area contributed by atoms with Gasteiger partial charge in [-0.15, -0.1) is 11.6 Å². The zero-order valence-corrected chi connectivity index (χ0v) is 6.37. The van der Waals surface area contributed by atoms with Crippen LogP contribution in [-0.4, -0.2) is 11.5 Å². The summed E-state index contributed by atoms with van der Waals surface area (Å²) < 4.78 is 12.7. The van der Waals surface area contributed by atoms with E-state index >= 15 is 0 Å². The standard InChI is InChI=1S/C7H12ClF/c1-5-2-3-6(8)7(9)4-5/h5-7H,2-4H2,1H3/t5-,6?,7-/m1/s1. The Morgan fingerprint density at radius 2 is 2.11 bits per heavy atom. The van der Waals surface area contributed by atoms with E-state index in [4.69, 9.17) is 11.6 Å². The predicted molar refractivity (Wildman–Crippen MR) is 37.6 cm³/mol. The normalized spacial score (nSPS) is 45.0. The van der Waals surface area contributed by atoms with Crippen molar-refractivity contribution in [2.24, 2.45) is 5.92 Å². The Morgan fingerprint density at radius 3 is 2.56 bits per heavy atom. The first-order valence-electron chi connectivity index (χ1n) is 3.48. The number of hydrogen-bond donors (Lipinski definition) is 0. The van der Waals surface area contributed by atoms with Crippen molar-refractivity contribution in [2.75, 3.05) is 0 Å². The highest BCUT2D eigenvalue weighted by Gasteiger charge is 2.26. The van der Waals surface area contributed by atoms with Crippen molar-refractivity contribution < 1.29 is 4.39 Å². The van der Waals surface area contributed by atoms with Crippen molar-refractivity contribution in [2.45, 2.75) is 37.7 Å². The lowest BCUT2D eigenvalue weighted by Gasteiger charge is -2.25. The van der Waals surface area contributed by atoms with Gasteiger partial charge in [0.15, 0.2) is 0 Å². The van der Waals surface area contributed by atoms with Crippen molar-refractivity contribution in [3.8, 4) is 0 Å². The molecule has 0 aromatic rings. The van der Waals surface area contributed by atoms with Gasteiger partial charge in [0.05, 0.1) is 5.38 Å². The van der Waals surface area contributed by atoms with Gasteiger partial charge in [0.2, 0.25) is 0 Å². The van der Waals surface area contributed by atoms with Gasteiger partial charge in [-0.1, -0.05) is 6.92 Å². The molecular formula is C7H12ClF. The lowest BCUT2D eigenvalue weighted by atomic mass is 9.89. The number of alkyl halides is 2. The second-order valence-electron chi connectivity index (χ2n) is 2.95. The minimum atomic E-state index is -0.754. The maximum atomic E-state index is 12.7. The van der Waals surface area contributed by atoms with Crippen molar-refractivity contribution in [3.05, 3.63) is 0 Å². The van der Waals surface area contributed by atoms with Crippen LogP contribution in [0.15, 0.2) is 0 Å². The molecule has 0 spiro atoms. The topological polar surface area (TPSA) is 0 Å². The summed E-state index contributed by atoms with van der Waals surface area (Å²) in [5.74, 6) is 0.537. The molecule has 0 aromatic carbocycles. The first kappa shape index (κ1) is 7.33. The van der Waals surface area contributed by atoms with Crippen LogP contribution in [0.1, 0.15) is 26.2 Å². The first-order valence-corrected chi connectivity index (χ1v) is 3.92. The minimum Gasteiger partial charge on any atom is -0.246 e. The molecule has 1 saturated carbocycles. The van der Waals surface area contributed by atoms with E-state index in [2.05, 4.69) is 6.92 Å². The van der Waals surface area contributed by atoms with E-state index < -0.39 is 6.17 Å². The summed E-state index contributed by atoms with van der Waals surface area (Å²) in [6.07, 6.45) is 1.85. The zero-order valence-electron chi connectivity index (χ0n) is 5.61. The van der Waals surface area contributed by atoms with Gasteiger partial charge >= 0.3 is 0 Å². The maximum Gasteiger partial charge on any atom is 0.117 e. The molecule has 1 unspecified atom stereocenters. The summed E-state index contributed by atoms with van der Waals surface area (Å²) in [5.41, 5.74) is 0. The molecular weight excluding hydrogens is 139 g/mol. The highest BCUT2D eigenvalue weighted by Crippen LogP contribution is 2.29. The fraction of sp³-hybridized carbons (Fsp3) is 1.00. The van der Waals surface area contributed by atoms with Crippen LogP contribution < -0.4 is 0 Å². The van der Waals surface area contributed by atoms with E-state index in [-0.39, 0.29) is 5.38 Å². The highest BCUT2D eigenvalue weighted by molar-refractivity contribution is 6.21. The van der Waals surface area contributed by atoms with Gasteiger partial charge in [0.25, 0.3) is 0 Å². The fourth-order valence-corrected chi connectivity index (χ4v) is 1.50. The van der Waals surface area contributed by atoms with Gasteiger partial charge in [-0.3, -0.25) is 0 Å². The van der Waals surface area contributed by atoms with Gasteiger partial charge in [-0.25, -0.2) is 4.39 Å². The van der Waals surface area contributed by atoms with E-state index in [1.54, 1.807) is 0 Å². The Bertz CT molecular complexity index is 94.9. The molecule has 0 aliphatic heterocycles. The lowest BCUT2D eigenvalue weighted by molar-refractivity contribution is 0.213. The van der Waals surface area contributed by atoms with Gasteiger partial charge in [0.1, 0.15) is 6.17 Å². The average Bonchev–Trinajstić information content (AvgIpc) is 1.80. The first-order chi connectivity index (χ1) is 4.20. The number of hydrogen-bond acceptors (Lipinski definition) is 0. The van der Waals surface area contributed by atoms with Crippen LogP contribution >= 0.6 is 11.6 Å². The van der Waals surface area contributed by atoms with Crippen LogP contribution in [0.4, 0.5) is 4.39 Å². The third-order valence-electron chi connectivity index (χ3n) is 1.96. The molecule has 0 bridgehead atoms. The van der Waals surface area contributed by atoms with Crippen LogP contribution in [0, 0.1) is 5.92 Å². The van der Waals surface area contributed by atoms with Crippen LogP contribution in [-0.2, 0) is 0 Å². The monoisotopic (exact) mass is 150 g/mol. The summed E-state index contributed by atoms with van der Waals surface area (Å²) in [7, 11) is 0. The van der Waals surface area contributed by atoms with Crippen LogP contribution in [0.2, 0.25) is 0 Å². The van der Waals surface area contributed by atoms with Crippen LogP contribution in [0.5, 0.6) is 0 Å². The molecule has 0 radical (unpaired) electrons. The third-order valence-corrected chi connectivity index (χ3v) is 2.45. The van der Waals surface area contributed by atoms with Crippen molar-refractivity contribution in [3.63, 3.8) is 0 Å². The molecule has 0 nitrogen and oxygen atoms in total. The summed E-state index contributed by atoms with van der Waals surface area (Å²) in [4.78, 5) is 0. The quantitative estimate of drug-likeness (QED) is 0.466. The summed E-state index contributed by atoms with van der Waals surface area (Å²) in [6, 6.07) is 0. The molecule has 2 heteroatoms.